The van der Waals surface area contributed by atoms with Crippen LogP contribution >= 0.6 is 0 Å². The Bertz CT molecular complexity index is 630. The largest absolute Gasteiger partial charge is 0.496 e. The number of halogens is 3. The van der Waals surface area contributed by atoms with E-state index in [1.807, 2.05) is 25.8 Å². The van der Waals surface area contributed by atoms with E-state index in [1.165, 1.54) is 19.2 Å². The van der Waals surface area contributed by atoms with Crippen molar-refractivity contribution in [3.05, 3.63) is 23.3 Å². The van der Waals surface area contributed by atoms with Gasteiger partial charge < -0.3 is 14.7 Å². The third kappa shape index (κ3) is 4.90. The van der Waals surface area contributed by atoms with Gasteiger partial charge in [-0.2, -0.15) is 13.2 Å². The highest BCUT2D eigenvalue weighted by Crippen LogP contribution is 2.47. The highest BCUT2D eigenvalue weighted by atomic mass is 19.4. The molecule has 4 nitrogen and oxygen atoms in total. The van der Waals surface area contributed by atoms with Crippen molar-refractivity contribution in [1.82, 2.24) is 4.90 Å². The van der Waals surface area contributed by atoms with Crippen molar-refractivity contribution in [2.24, 2.45) is 4.99 Å². The van der Waals surface area contributed by atoms with Gasteiger partial charge in [0.15, 0.2) is 5.60 Å². The molecule has 0 fully saturated rings. The summed E-state index contributed by atoms with van der Waals surface area (Å²) in [4.78, 5) is 6.22. The molecule has 0 spiro atoms. The number of alkyl halides is 3. The molecule has 0 aliphatic rings. The number of aliphatic hydroxyl groups is 1. The van der Waals surface area contributed by atoms with Crippen molar-refractivity contribution in [2.45, 2.75) is 64.8 Å². The van der Waals surface area contributed by atoms with Crippen molar-refractivity contribution < 1.29 is 23.0 Å². The Morgan fingerprint density at radius 3 is 2.38 bits per heavy atom. The van der Waals surface area contributed by atoms with Gasteiger partial charge in [0.05, 0.1) is 19.1 Å². The van der Waals surface area contributed by atoms with Gasteiger partial charge >= 0.3 is 6.18 Å². The van der Waals surface area contributed by atoms with Crippen molar-refractivity contribution in [2.75, 3.05) is 14.2 Å². The molecule has 0 saturated carbocycles. The van der Waals surface area contributed by atoms with E-state index >= 15 is 0 Å². The molecule has 1 aromatic rings. The van der Waals surface area contributed by atoms with E-state index in [2.05, 4.69) is 4.99 Å². The Morgan fingerprint density at radius 2 is 1.92 bits per heavy atom. The second-order valence-electron chi connectivity index (χ2n) is 6.80. The first-order valence-corrected chi connectivity index (χ1v) is 8.72. The van der Waals surface area contributed by atoms with Gasteiger partial charge in [-0.05, 0) is 38.8 Å². The SMILES string of the molecule is CCCCC(O)(c1cc(C)c(/N=C\N(C)C(C)C)cc1OC)C(F)(F)F. The lowest BCUT2D eigenvalue weighted by Gasteiger charge is -2.32. The molecule has 1 N–H and O–H groups in total. The molecule has 1 atom stereocenters. The summed E-state index contributed by atoms with van der Waals surface area (Å²) in [6.07, 6.45) is -2.80. The topological polar surface area (TPSA) is 45.1 Å². The number of aryl methyl sites for hydroxylation is 1. The summed E-state index contributed by atoms with van der Waals surface area (Å²) >= 11 is 0. The van der Waals surface area contributed by atoms with Gasteiger partial charge in [0.25, 0.3) is 0 Å². The summed E-state index contributed by atoms with van der Waals surface area (Å²) in [5.74, 6) is -0.0223. The fraction of sp³-hybridized carbons (Fsp3) is 0.632. The summed E-state index contributed by atoms with van der Waals surface area (Å²) in [6, 6.07) is 3.01. The van der Waals surface area contributed by atoms with Crippen LogP contribution in [0.2, 0.25) is 0 Å². The lowest BCUT2D eigenvalue weighted by molar-refractivity contribution is -0.270. The summed E-state index contributed by atoms with van der Waals surface area (Å²) in [5.41, 5.74) is -2.18. The van der Waals surface area contributed by atoms with Crippen molar-refractivity contribution in [3.63, 3.8) is 0 Å². The van der Waals surface area contributed by atoms with Gasteiger partial charge in [-0.15, -0.1) is 0 Å². The van der Waals surface area contributed by atoms with Crippen LogP contribution in [0.15, 0.2) is 17.1 Å². The van der Waals surface area contributed by atoms with Gasteiger partial charge in [-0.1, -0.05) is 19.8 Å². The number of hydrogen-bond acceptors (Lipinski definition) is 3. The average Bonchev–Trinajstić information content (AvgIpc) is 2.56. The molecule has 1 rings (SSSR count). The zero-order chi connectivity index (χ0) is 20.1. The number of nitrogens with zero attached hydrogens (tertiary/aromatic N) is 2. The minimum Gasteiger partial charge on any atom is -0.496 e. The molecule has 0 heterocycles. The number of methoxy groups -OCH3 is 1. The summed E-state index contributed by atoms with van der Waals surface area (Å²) in [7, 11) is 3.15. The average molecular weight is 374 g/mol. The van der Waals surface area contributed by atoms with E-state index < -0.39 is 18.2 Å². The van der Waals surface area contributed by atoms with Crippen molar-refractivity contribution in [1.29, 1.82) is 0 Å². The molecule has 0 aromatic heterocycles. The molecule has 0 saturated heterocycles. The van der Waals surface area contributed by atoms with E-state index in [0.717, 1.165) is 0 Å². The van der Waals surface area contributed by atoms with Crippen LogP contribution in [-0.4, -0.2) is 42.7 Å². The fourth-order valence-electron chi connectivity index (χ4n) is 2.46. The molecular formula is C19H29F3N2O2. The Kier molecular flexibility index (Phi) is 7.50. The van der Waals surface area contributed by atoms with Crippen LogP contribution < -0.4 is 4.74 Å². The van der Waals surface area contributed by atoms with Gasteiger partial charge in [0.1, 0.15) is 5.75 Å². The summed E-state index contributed by atoms with van der Waals surface area (Å²) in [6.45, 7) is 7.45. The number of hydrogen-bond donors (Lipinski definition) is 1. The maximum Gasteiger partial charge on any atom is 0.421 e. The molecule has 0 bridgehead atoms. The minimum atomic E-state index is -4.80. The second kappa shape index (κ2) is 8.75. The maximum atomic E-state index is 13.7. The van der Waals surface area contributed by atoms with E-state index in [-0.39, 0.29) is 23.8 Å². The van der Waals surface area contributed by atoms with Gasteiger partial charge in [0, 0.05) is 24.7 Å². The van der Waals surface area contributed by atoms with Crippen LogP contribution in [0.4, 0.5) is 18.9 Å². The second-order valence-corrected chi connectivity index (χ2v) is 6.80. The Labute approximate surface area is 153 Å². The van der Waals surface area contributed by atoms with Crippen LogP contribution in [0, 0.1) is 6.92 Å². The molecule has 0 amide bonds. The minimum absolute atomic E-state index is 0.0223. The molecule has 1 aromatic carbocycles. The van der Waals surface area contributed by atoms with E-state index in [1.54, 1.807) is 20.2 Å². The van der Waals surface area contributed by atoms with Gasteiger partial charge in [-0.3, -0.25) is 0 Å². The molecular weight excluding hydrogens is 345 g/mol. The van der Waals surface area contributed by atoms with Crippen LogP contribution in [0.25, 0.3) is 0 Å². The van der Waals surface area contributed by atoms with Crippen LogP contribution in [0.1, 0.15) is 51.2 Å². The Balaban J connectivity index is 3.42. The third-order valence-corrected chi connectivity index (χ3v) is 4.52. The number of rotatable bonds is 8. The van der Waals surface area contributed by atoms with Gasteiger partial charge in [0.2, 0.25) is 0 Å². The third-order valence-electron chi connectivity index (χ3n) is 4.52. The normalized spacial score (nSPS) is 14.7. The smallest absolute Gasteiger partial charge is 0.421 e. The zero-order valence-corrected chi connectivity index (χ0v) is 16.3. The fourth-order valence-corrected chi connectivity index (χ4v) is 2.46. The first-order valence-electron chi connectivity index (χ1n) is 8.72. The molecule has 0 aliphatic carbocycles. The Morgan fingerprint density at radius 1 is 1.31 bits per heavy atom. The number of benzene rings is 1. The number of aliphatic imine (C=N–C) groups is 1. The molecule has 0 radical (unpaired) electrons. The molecule has 7 heteroatoms. The van der Waals surface area contributed by atoms with Gasteiger partial charge in [-0.25, -0.2) is 4.99 Å². The van der Waals surface area contributed by atoms with Crippen molar-refractivity contribution in [3.8, 4) is 5.75 Å². The van der Waals surface area contributed by atoms with Crippen molar-refractivity contribution >= 4 is 12.0 Å². The predicted octanol–water partition coefficient (Wildman–Crippen LogP) is 4.94. The molecule has 26 heavy (non-hydrogen) atoms. The van der Waals surface area contributed by atoms with Crippen LogP contribution in [0.5, 0.6) is 5.75 Å². The quantitative estimate of drug-likeness (QED) is 0.518. The lowest BCUT2D eigenvalue weighted by atomic mass is 9.86. The van der Waals surface area contributed by atoms with Crippen LogP contribution in [-0.2, 0) is 5.60 Å². The summed E-state index contributed by atoms with van der Waals surface area (Å²) < 4.78 is 46.2. The van der Waals surface area contributed by atoms with E-state index in [0.29, 0.717) is 17.7 Å². The monoisotopic (exact) mass is 374 g/mol. The Hall–Kier alpha value is -1.76. The molecule has 148 valence electrons. The molecule has 0 aliphatic heterocycles. The maximum absolute atomic E-state index is 13.7. The predicted molar refractivity (Wildman–Crippen MR) is 98.3 cm³/mol. The lowest BCUT2D eigenvalue weighted by Crippen LogP contribution is -2.42. The molecule has 1 unspecified atom stereocenters. The highest BCUT2D eigenvalue weighted by molar-refractivity contribution is 5.65. The first-order chi connectivity index (χ1) is 12.0. The summed E-state index contributed by atoms with van der Waals surface area (Å²) in [5, 5.41) is 10.5. The van der Waals surface area contributed by atoms with E-state index in [4.69, 9.17) is 4.74 Å². The highest BCUT2D eigenvalue weighted by Gasteiger charge is 2.55. The first kappa shape index (κ1) is 22.3. The zero-order valence-electron chi connectivity index (χ0n) is 16.3. The van der Waals surface area contributed by atoms with Crippen LogP contribution in [0.3, 0.4) is 0 Å². The number of ether oxygens (including phenoxy) is 1. The van der Waals surface area contributed by atoms with E-state index in [9.17, 15) is 18.3 Å². The number of unbranched alkanes of at least 4 members (excludes halogenated alkanes) is 1. The standard InChI is InChI=1S/C19H29F3N2O2/c1-7-8-9-18(25,19(20,21)22)15-10-14(4)16(11-17(15)26-6)23-12-24(5)13(2)3/h10-13,25H,7-9H2,1-6H3/b23-12-.